The zero-order chi connectivity index (χ0) is 28.9. The van der Waals surface area contributed by atoms with Crippen LogP contribution in [0.3, 0.4) is 0 Å². The van der Waals surface area contributed by atoms with E-state index in [1.165, 1.54) is 6.07 Å². The predicted octanol–water partition coefficient (Wildman–Crippen LogP) is 2.52. The van der Waals surface area contributed by atoms with Crippen LogP contribution in [0.1, 0.15) is 25.0 Å². The second kappa shape index (κ2) is 10.5. The minimum Gasteiger partial charge on any atom is -0.507 e. The fraction of sp³-hybridized carbons (Fsp3) is 0.286. The molecule has 2 aromatic carbocycles. The quantitative estimate of drug-likeness (QED) is 0.339. The van der Waals surface area contributed by atoms with Gasteiger partial charge in [-0.25, -0.2) is 35.1 Å². The third-order valence-electron chi connectivity index (χ3n) is 5.75. The number of H-pyrrole nitrogens is 1. The number of aromatic nitrogens is 3. The molecule has 210 valence electrons. The minimum atomic E-state index is -4.29. The Morgan fingerprint density at radius 2 is 1.74 bits per heavy atom. The number of benzene rings is 2. The Bertz CT molecular complexity index is 1770. The Labute approximate surface area is 229 Å². The van der Waals surface area contributed by atoms with Crippen LogP contribution in [0.5, 0.6) is 17.2 Å². The average molecular weight is 627 g/mol. The van der Waals surface area contributed by atoms with Gasteiger partial charge in [0.25, 0.3) is 12.0 Å². The number of ether oxygens (including phenoxy) is 1. The lowest BCUT2D eigenvalue weighted by atomic mass is 9.93. The van der Waals surface area contributed by atoms with Crippen LogP contribution in [-0.4, -0.2) is 54.3 Å². The number of aromatic hydroxyl groups is 1. The van der Waals surface area contributed by atoms with Crippen molar-refractivity contribution in [3.05, 3.63) is 66.9 Å². The minimum absolute atomic E-state index is 0.0820. The van der Waals surface area contributed by atoms with Crippen LogP contribution in [0.4, 0.5) is 8.78 Å². The molecule has 0 bridgehead atoms. The molecule has 0 unspecified atom stereocenters. The van der Waals surface area contributed by atoms with E-state index in [1.54, 1.807) is 4.98 Å². The first kappa shape index (κ1) is 28.9. The highest BCUT2D eigenvalue weighted by atomic mass is 35.5. The number of aromatic amines is 1. The molecule has 39 heavy (non-hydrogen) atoms. The van der Waals surface area contributed by atoms with Gasteiger partial charge in [0.05, 0.1) is 21.0 Å². The lowest BCUT2D eigenvalue weighted by Crippen LogP contribution is -2.49. The van der Waals surface area contributed by atoms with Crippen LogP contribution in [0.25, 0.3) is 5.69 Å². The van der Waals surface area contributed by atoms with Crippen molar-refractivity contribution < 1.29 is 35.5 Å². The Hall–Kier alpha value is -3.05. The highest BCUT2D eigenvalue weighted by Gasteiger charge is 2.39. The number of hydrogen-bond donors (Lipinski definition) is 3. The van der Waals surface area contributed by atoms with Crippen molar-refractivity contribution in [1.82, 2.24) is 19.5 Å². The van der Waals surface area contributed by atoms with Gasteiger partial charge in [-0.05, 0) is 37.1 Å². The first-order chi connectivity index (χ1) is 18.1. The van der Waals surface area contributed by atoms with E-state index in [9.17, 15) is 40.3 Å². The molecule has 0 saturated heterocycles. The molecular weight excluding hydrogens is 609 g/mol. The van der Waals surface area contributed by atoms with Gasteiger partial charge in [0.1, 0.15) is 26.2 Å². The van der Waals surface area contributed by atoms with Crippen molar-refractivity contribution in [3.8, 4) is 22.9 Å². The van der Waals surface area contributed by atoms with E-state index in [1.807, 2.05) is 0 Å². The number of sulfone groups is 1. The van der Waals surface area contributed by atoms with Crippen molar-refractivity contribution >= 4 is 43.1 Å². The van der Waals surface area contributed by atoms with Gasteiger partial charge >= 0.3 is 5.69 Å². The van der Waals surface area contributed by atoms with Crippen molar-refractivity contribution in [3.63, 3.8) is 0 Å². The summed E-state index contributed by atoms with van der Waals surface area (Å²) in [7, 11) is -7.60. The molecular formula is C21H18Cl2F2N4O8S2. The molecule has 3 N–H and O–H groups in total. The number of nitrogens with zero attached hydrogens (tertiary/aromatic N) is 2. The molecule has 12 nitrogen and oxygen atoms in total. The number of alkyl halides is 2. The molecule has 1 heterocycles. The van der Waals surface area contributed by atoms with E-state index < -0.39 is 65.2 Å². The average Bonchev–Trinajstić information content (AvgIpc) is 2.78. The second-order valence-corrected chi connectivity index (χ2v) is 13.4. The van der Waals surface area contributed by atoms with Gasteiger partial charge in [-0.3, -0.25) is 9.78 Å². The van der Waals surface area contributed by atoms with Crippen molar-refractivity contribution in [2.75, 3.05) is 6.26 Å². The molecule has 18 heteroatoms. The predicted molar refractivity (Wildman–Crippen MR) is 136 cm³/mol. The van der Waals surface area contributed by atoms with Gasteiger partial charge in [0.2, 0.25) is 10.0 Å². The summed E-state index contributed by atoms with van der Waals surface area (Å²) >= 11 is 12.5. The van der Waals surface area contributed by atoms with E-state index in [0.717, 1.165) is 30.5 Å². The van der Waals surface area contributed by atoms with E-state index >= 15 is 0 Å². The van der Waals surface area contributed by atoms with Crippen LogP contribution in [0, 0.1) is 0 Å². The summed E-state index contributed by atoms with van der Waals surface area (Å²) in [5.74, 6) is -0.961. The summed E-state index contributed by atoms with van der Waals surface area (Å²) in [6.07, 6.45) is -2.04. The monoisotopic (exact) mass is 626 g/mol. The van der Waals surface area contributed by atoms with Crippen LogP contribution < -0.4 is 20.7 Å². The third kappa shape index (κ3) is 6.09. The summed E-state index contributed by atoms with van der Waals surface area (Å²) in [6.45, 7) is 0. The van der Waals surface area contributed by atoms with Crippen molar-refractivity contribution in [2.45, 2.75) is 35.5 Å². The third-order valence-corrected chi connectivity index (χ3v) is 9.46. The number of halogens is 4. The van der Waals surface area contributed by atoms with Crippen LogP contribution >= 0.6 is 23.2 Å². The SMILES string of the molecule is CS(=O)(=O)C1CC(NS(=O)(=O)c2cc(Oc3c(Cl)cc(-n4nc(C(F)F)c(=O)[nH]c4=O)cc3Cl)ccc2O)C1. The maximum atomic E-state index is 13.1. The lowest BCUT2D eigenvalue weighted by Gasteiger charge is -2.34. The molecule has 3 aromatic rings. The standard InChI is InChI=1S/C21H18Cl2F2N4O8S2/c1-38(33,34)12-4-9(5-12)28-39(35,36)16-8-11(2-3-15(16)30)37-18-13(22)6-10(7-14(18)23)29-21(32)26-20(31)17(27-29)19(24)25/h2-3,6-9,12,19,28,30H,4-5H2,1H3,(H,26,31,32). The fourth-order valence-corrected chi connectivity index (χ4v) is 6.77. The normalized spacial score (nSPS) is 17.7. The zero-order valence-corrected chi connectivity index (χ0v) is 22.7. The Balaban J connectivity index is 1.61. The number of phenols is 1. The molecule has 1 saturated carbocycles. The molecule has 1 aromatic heterocycles. The lowest BCUT2D eigenvalue weighted by molar-refractivity contribution is 0.141. The fourth-order valence-electron chi connectivity index (χ4n) is 3.68. The highest BCUT2D eigenvalue weighted by Crippen LogP contribution is 2.40. The van der Waals surface area contributed by atoms with E-state index in [0.29, 0.717) is 4.68 Å². The highest BCUT2D eigenvalue weighted by molar-refractivity contribution is 7.91. The molecule has 1 aliphatic rings. The van der Waals surface area contributed by atoms with Gasteiger partial charge in [0, 0.05) is 18.4 Å². The topological polar surface area (TPSA) is 178 Å². The first-order valence-corrected chi connectivity index (χ1v) is 15.0. The van der Waals surface area contributed by atoms with Gasteiger partial charge in [-0.1, -0.05) is 23.2 Å². The smallest absolute Gasteiger partial charge is 0.349 e. The second-order valence-electron chi connectivity index (χ2n) is 8.57. The molecule has 0 atom stereocenters. The molecule has 4 rings (SSSR count). The maximum Gasteiger partial charge on any atom is 0.349 e. The molecule has 0 aliphatic heterocycles. The largest absolute Gasteiger partial charge is 0.507 e. The molecule has 0 spiro atoms. The molecule has 1 aliphatic carbocycles. The summed E-state index contributed by atoms with van der Waals surface area (Å²) in [5, 5.41) is 12.4. The van der Waals surface area contributed by atoms with Crippen LogP contribution in [0.2, 0.25) is 10.0 Å². The zero-order valence-electron chi connectivity index (χ0n) is 19.6. The molecule has 0 amide bonds. The van der Waals surface area contributed by atoms with Crippen molar-refractivity contribution in [2.24, 2.45) is 0 Å². The summed E-state index contributed by atoms with van der Waals surface area (Å²) in [5.41, 5.74) is -3.89. The van der Waals surface area contributed by atoms with Crippen LogP contribution in [-0.2, 0) is 19.9 Å². The summed E-state index contributed by atoms with van der Waals surface area (Å²) in [4.78, 5) is 24.8. The Morgan fingerprint density at radius 1 is 1.13 bits per heavy atom. The first-order valence-electron chi connectivity index (χ1n) is 10.8. The van der Waals surface area contributed by atoms with E-state index in [-0.39, 0.29) is 40.1 Å². The molecule has 1 fully saturated rings. The Morgan fingerprint density at radius 3 is 2.31 bits per heavy atom. The van der Waals surface area contributed by atoms with E-state index in [2.05, 4.69) is 9.82 Å². The number of rotatable bonds is 8. The number of nitrogens with one attached hydrogen (secondary N) is 2. The number of sulfonamides is 1. The summed E-state index contributed by atoms with van der Waals surface area (Å²) < 4.78 is 83.4. The van der Waals surface area contributed by atoms with Gasteiger partial charge in [0.15, 0.2) is 11.4 Å². The van der Waals surface area contributed by atoms with Gasteiger partial charge < -0.3 is 9.84 Å². The van der Waals surface area contributed by atoms with E-state index in [4.69, 9.17) is 27.9 Å². The van der Waals surface area contributed by atoms with Gasteiger partial charge in [-0.2, -0.15) is 9.78 Å². The maximum absolute atomic E-state index is 13.1. The number of hydrogen-bond acceptors (Lipinski definition) is 9. The Kier molecular flexibility index (Phi) is 7.79. The molecule has 0 radical (unpaired) electrons. The van der Waals surface area contributed by atoms with Crippen molar-refractivity contribution in [1.29, 1.82) is 0 Å². The summed E-state index contributed by atoms with van der Waals surface area (Å²) in [6, 6.07) is 4.74. The van der Waals surface area contributed by atoms with Crippen LogP contribution in [0.15, 0.2) is 44.8 Å². The number of phenolic OH excluding ortho intramolecular Hbond substituents is 1. The van der Waals surface area contributed by atoms with Gasteiger partial charge in [-0.15, -0.1) is 0 Å².